The summed E-state index contributed by atoms with van der Waals surface area (Å²) in [5, 5.41) is 2.86. The van der Waals surface area contributed by atoms with E-state index in [0.29, 0.717) is 19.2 Å². The minimum atomic E-state index is -4.55. The molecule has 0 aromatic heterocycles. The molecular weight excluding hydrogens is 269 g/mol. The van der Waals surface area contributed by atoms with Gasteiger partial charge in [0.2, 0.25) is 10.0 Å². The predicted octanol–water partition coefficient (Wildman–Crippen LogP) is 0.956. The van der Waals surface area contributed by atoms with Gasteiger partial charge in [-0.15, -0.1) is 0 Å². The van der Waals surface area contributed by atoms with Crippen LogP contribution in [0.25, 0.3) is 0 Å². The van der Waals surface area contributed by atoms with Gasteiger partial charge in [-0.1, -0.05) is 6.07 Å². The Labute approximate surface area is 102 Å². The molecule has 0 amide bonds. The van der Waals surface area contributed by atoms with Crippen molar-refractivity contribution >= 4 is 10.0 Å². The van der Waals surface area contributed by atoms with Crippen LogP contribution in [0.5, 0.6) is 0 Å². The van der Waals surface area contributed by atoms with E-state index in [1.807, 2.05) is 0 Å². The van der Waals surface area contributed by atoms with Crippen molar-refractivity contribution in [3.8, 4) is 0 Å². The van der Waals surface area contributed by atoms with Gasteiger partial charge in [-0.2, -0.15) is 13.2 Å². The second-order valence-electron chi connectivity index (χ2n) is 4.00. The fraction of sp³-hybridized carbons (Fsp3) is 0.400. The SMILES string of the molecule is O=S(=O)(NC1CNC1)c1cccc(C(F)(F)F)c1. The monoisotopic (exact) mass is 280 g/mol. The fourth-order valence-corrected chi connectivity index (χ4v) is 2.78. The Morgan fingerprint density at radius 1 is 1.28 bits per heavy atom. The van der Waals surface area contributed by atoms with E-state index in [9.17, 15) is 21.6 Å². The van der Waals surface area contributed by atoms with Gasteiger partial charge in [0.15, 0.2) is 0 Å². The summed E-state index contributed by atoms with van der Waals surface area (Å²) in [6, 6.07) is 3.43. The number of alkyl halides is 3. The van der Waals surface area contributed by atoms with Gasteiger partial charge in [0, 0.05) is 19.1 Å². The molecular formula is C10H11F3N2O2S. The molecule has 1 aromatic carbocycles. The van der Waals surface area contributed by atoms with Gasteiger partial charge in [-0.3, -0.25) is 0 Å². The van der Waals surface area contributed by atoms with Crippen molar-refractivity contribution in [3.05, 3.63) is 29.8 Å². The Bertz CT molecular complexity index is 538. The van der Waals surface area contributed by atoms with Crippen LogP contribution >= 0.6 is 0 Å². The number of nitrogens with one attached hydrogen (secondary N) is 2. The number of benzene rings is 1. The lowest BCUT2D eigenvalue weighted by atomic mass is 10.2. The number of hydrogen-bond acceptors (Lipinski definition) is 3. The summed E-state index contributed by atoms with van der Waals surface area (Å²) in [6.45, 7) is 0.969. The molecule has 1 aliphatic heterocycles. The van der Waals surface area contributed by atoms with Crippen LogP contribution in [-0.2, 0) is 16.2 Å². The molecule has 0 spiro atoms. The van der Waals surface area contributed by atoms with Crippen LogP contribution in [0.4, 0.5) is 13.2 Å². The van der Waals surface area contributed by atoms with Crippen molar-refractivity contribution in [1.82, 2.24) is 10.0 Å². The highest BCUT2D eigenvalue weighted by atomic mass is 32.2. The lowest BCUT2D eigenvalue weighted by Gasteiger charge is -2.27. The van der Waals surface area contributed by atoms with E-state index in [4.69, 9.17) is 0 Å². The zero-order valence-electron chi connectivity index (χ0n) is 9.16. The molecule has 0 unspecified atom stereocenters. The Balaban J connectivity index is 2.27. The molecule has 18 heavy (non-hydrogen) atoms. The number of halogens is 3. The van der Waals surface area contributed by atoms with E-state index < -0.39 is 21.8 Å². The summed E-state index contributed by atoms with van der Waals surface area (Å²) >= 11 is 0. The Morgan fingerprint density at radius 3 is 2.44 bits per heavy atom. The van der Waals surface area contributed by atoms with E-state index in [1.54, 1.807) is 0 Å². The van der Waals surface area contributed by atoms with Gasteiger partial charge >= 0.3 is 6.18 Å². The summed E-state index contributed by atoms with van der Waals surface area (Å²) in [5.41, 5.74) is -0.975. The zero-order chi connectivity index (χ0) is 13.4. The number of sulfonamides is 1. The average molecular weight is 280 g/mol. The molecule has 1 aliphatic rings. The first-order valence-corrected chi connectivity index (χ1v) is 6.68. The van der Waals surface area contributed by atoms with E-state index in [-0.39, 0.29) is 10.9 Å². The Hall–Kier alpha value is -1.12. The molecule has 0 bridgehead atoms. The second kappa shape index (κ2) is 4.52. The largest absolute Gasteiger partial charge is 0.416 e. The van der Waals surface area contributed by atoms with Gasteiger partial charge in [0.05, 0.1) is 10.5 Å². The van der Waals surface area contributed by atoms with E-state index >= 15 is 0 Å². The molecule has 100 valence electrons. The van der Waals surface area contributed by atoms with Crippen LogP contribution < -0.4 is 10.0 Å². The maximum Gasteiger partial charge on any atom is 0.416 e. The molecule has 0 saturated carbocycles. The topological polar surface area (TPSA) is 58.2 Å². The molecule has 4 nitrogen and oxygen atoms in total. The van der Waals surface area contributed by atoms with Crippen LogP contribution in [0.2, 0.25) is 0 Å². The van der Waals surface area contributed by atoms with Crippen molar-refractivity contribution in [2.24, 2.45) is 0 Å². The second-order valence-corrected chi connectivity index (χ2v) is 5.72. The number of rotatable bonds is 3. The van der Waals surface area contributed by atoms with Gasteiger partial charge in [0.1, 0.15) is 0 Å². The molecule has 2 N–H and O–H groups in total. The van der Waals surface area contributed by atoms with Crippen LogP contribution in [0, 0.1) is 0 Å². The molecule has 0 aliphatic carbocycles. The van der Waals surface area contributed by atoms with Crippen LogP contribution in [-0.4, -0.2) is 27.5 Å². The average Bonchev–Trinajstić information content (AvgIpc) is 2.23. The van der Waals surface area contributed by atoms with Crippen LogP contribution in [0.3, 0.4) is 0 Å². The first-order valence-electron chi connectivity index (χ1n) is 5.19. The summed E-state index contributed by atoms with van der Waals surface area (Å²) in [6.07, 6.45) is -4.55. The standard InChI is InChI=1S/C10H11F3N2O2S/c11-10(12,13)7-2-1-3-9(4-7)18(16,17)15-8-5-14-6-8/h1-4,8,14-15H,5-6H2. The molecule has 8 heteroatoms. The van der Waals surface area contributed by atoms with Crippen molar-refractivity contribution in [1.29, 1.82) is 0 Å². The van der Waals surface area contributed by atoms with E-state index in [1.165, 1.54) is 0 Å². The van der Waals surface area contributed by atoms with Gasteiger partial charge in [-0.05, 0) is 18.2 Å². The maximum atomic E-state index is 12.5. The van der Waals surface area contributed by atoms with Crippen molar-refractivity contribution in [2.75, 3.05) is 13.1 Å². The lowest BCUT2D eigenvalue weighted by molar-refractivity contribution is -0.137. The third-order valence-corrected chi connectivity index (χ3v) is 4.09. The molecule has 0 radical (unpaired) electrons. The van der Waals surface area contributed by atoms with Gasteiger partial charge in [-0.25, -0.2) is 13.1 Å². The summed E-state index contributed by atoms with van der Waals surface area (Å²) in [4.78, 5) is -0.371. The Kier molecular flexibility index (Phi) is 3.35. The summed E-state index contributed by atoms with van der Waals surface area (Å²) in [7, 11) is -3.89. The maximum absolute atomic E-state index is 12.5. The quantitative estimate of drug-likeness (QED) is 0.867. The van der Waals surface area contributed by atoms with Crippen LogP contribution in [0.1, 0.15) is 5.56 Å². The lowest BCUT2D eigenvalue weighted by Crippen LogP contribution is -2.56. The third-order valence-electron chi connectivity index (χ3n) is 2.57. The highest BCUT2D eigenvalue weighted by Gasteiger charge is 2.32. The van der Waals surface area contributed by atoms with Crippen LogP contribution in [0.15, 0.2) is 29.2 Å². The van der Waals surface area contributed by atoms with Gasteiger partial charge in [0.25, 0.3) is 0 Å². The molecule has 2 rings (SSSR count). The van der Waals surface area contributed by atoms with Gasteiger partial charge < -0.3 is 5.32 Å². The first-order chi connectivity index (χ1) is 8.29. The van der Waals surface area contributed by atoms with Crippen molar-refractivity contribution < 1.29 is 21.6 Å². The fourth-order valence-electron chi connectivity index (χ4n) is 1.50. The third kappa shape index (κ3) is 2.82. The first kappa shape index (κ1) is 13.3. The normalized spacial score (nSPS) is 17.5. The minimum Gasteiger partial charge on any atom is -0.313 e. The van der Waals surface area contributed by atoms with E-state index in [2.05, 4.69) is 10.0 Å². The zero-order valence-corrected chi connectivity index (χ0v) is 9.98. The molecule has 1 saturated heterocycles. The highest BCUT2D eigenvalue weighted by molar-refractivity contribution is 7.89. The molecule has 1 aromatic rings. The Morgan fingerprint density at radius 2 is 1.94 bits per heavy atom. The highest BCUT2D eigenvalue weighted by Crippen LogP contribution is 2.30. The van der Waals surface area contributed by atoms with E-state index in [0.717, 1.165) is 18.2 Å². The van der Waals surface area contributed by atoms with Crippen molar-refractivity contribution in [3.63, 3.8) is 0 Å². The molecule has 0 atom stereocenters. The predicted molar refractivity (Wildman–Crippen MR) is 58.4 cm³/mol. The molecule has 1 heterocycles. The summed E-state index contributed by atoms with van der Waals surface area (Å²) < 4.78 is 63.4. The molecule has 1 fully saturated rings. The van der Waals surface area contributed by atoms with Crippen molar-refractivity contribution in [2.45, 2.75) is 17.1 Å². The smallest absolute Gasteiger partial charge is 0.313 e. The minimum absolute atomic E-state index is 0.260. The summed E-state index contributed by atoms with van der Waals surface area (Å²) in [5.74, 6) is 0. The number of hydrogen-bond donors (Lipinski definition) is 2.